The summed E-state index contributed by atoms with van der Waals surface area (Å²) in [4.78, 5) is 31.5. The molecule has 164 valence electrons. The van der Waals surface area contributed by atoms with Crippen LogP contribution in [0.15, 0.2) is 69.6 Å². The molecule has 8 heteroatoms. The zero-order chi connectivity index (χ0) is 22.8. The highest BCUT2D eigenvalue weighted by atomic mass is 127. The van der Waals surface area contributed by atoms with Gasteiger partial charge in [0.2, 0.25) is 0 Å². The normalized spacial score (nSPS) is 15.9. The predicted octanol–water partition coefficient (Wildman–Crippen LogP) is 3.41. The van der Waals surface area contributed by atoms with Crippen LogP contribution in [-0.4, -0.2) is 24.3 Å². The van der Waals surface area contributed by atoms with Crippen LogP contribution in [-0.2, 0) is 9.53 Å². The highest BCUT2D eigenvalue weighted by Gasteiger charge is 2.33. The highest BCUT2D eigenvalue weighted by Crippen LogP contribution is 2.30. The lowest BCUT2D eigenvalue weighted by molar-refractivity contribution is -0.139. The molecule has 0 fully saturated rings. The third-order valence-electron chi connectivity index (χ3n) is 5.11. The Hall–Kier alpha value is -2.72. The Morgan fingerprint density at radius 3 is 2.66 bits per heavy atom. The average molecular weight is 560 g/mol. The lowest BCUT2D eigenvalue weighted by Crippen LogP contribution is -2.39. The van der Waals surface area contributed by atoms with E-state index in [9.17, 15) is 9.59 Å². The number of aromatic nitrogens is 1. The molecule has 0 N–H and O–H groups in total. The molecule has 1 atom stereocenters. The van der Waals surface area contributed by atoms with Crippen LogP contribution in [0.1, 0.15) is 31.0 Å². The Morgan fingerprint density at radius 2 is 2.00 bits per heavy atom. The van der Waals surface area contributed by atoms with Gasteiger partial charge in [-0.05, 0) is 65.8 Å². The maximum atomic E-state index is 13.5. The van der Waals surface area contributed by atoms with Crippen molar-refractivity contribution >= 4 is 46.0 Å². The maximum absolute atomic E-state index is 13.5. The number of thiazole rings is 1. The molecule has 6 nitrogen and oxygen atoms in total. The minimum Gasteiger partial charge on any atom is -0.496 e. The van der Waals surface area contributed by atoms with Crippen LogP contribution in [0.3, 0.4) is 0 Å². The van der Waals surface area contributed by atoms with Gasteiger partial charge in [0.1, 0.15) is 5.75 Å². The van der Waals surface area contributed by atoms with Gasteiger partial charge in [0.15, 0.2) is 4.80 Å². The summed E-state index contributed by atoms with van der Waals surface area (Å²) in [6.45, 7) is 3.79. The van der Waals surface area contributed by atoms with Crippen LogP contribution < -0.4 is 19.6 Å². The smallest absolute Gasteiger partial charge is 0.338 e. The first-order chi connectivity index (χ1) is 15.4. The van der Waals surface area contributed by atoms with Crippen molar-refractivity contribution in [2.24, 2.45) is 4.99 Å². The maximum Gasteiger partial charge on any atom is 0.338 e. The van der Waals surface area contributed by atoms with E-state index in [1.807, 2.05) is 54.6 Å². The topological polar surface area (TPSA) is 69.9 Å². The third kappa shape index (κ3) is 4.16. The number of carbonyl (C=O) groups is 1. The van der Waals surface area contributed by atoms with Gasteiger partial charge in [0, 0.05) is 0 Å². The van der Waals surface area contributed by atoms with Gasteiger partial charge in [-0.3, -0.25) is 9.36 Å². The van der Waals surface area contributed by atoms with E-state index in [1.165, 1.54) is 11.3 Å². The van der Waals surface area contributed by atoms with Crippen LogP contribution in [0.25, 0.3) is 6.08 Å². The number of hydrogen-bond acceptors (Lipinski definition) is 6. The summed E-state index contributed by atoms with van der Waals surface area (Å²) in [7, 11) is 1.63. The van der Waals surface area contributed by atoms with Crippen molar-refractivity contribution in [3.8, 4) is 5.75 Å². The molecule has 1 aromatic heterocycles. The van der Waals surface area contributed by atoms with E-state index in [-0.39, 0.29) is 12.2 Å². The van der Waals surface area contributed by atoms with Crippen molar-refractivity contribution in [2.75, 3.05) is 13.7 Å². The van der Waals surface area contributed by atoms with Gasteiger partial charge in [0.05, 0.1) is 39.1 Å². The summed E-state index contributed by atoms with van der Waals surface area (Å²) in [5.74, 6) is 0.324. The summed E-state index contributed by atoms with van der Waals surface area (Å²) in [6, 6.07) is 14.6. The van der Waals surface area contributed by atoms with E-state index in [0.717, 1.165) is 20.4 Å². The van der Waals surface area contributed by atoms with Gasteiger partial charge < -0.3 is 9.47 Å². The van der Waals surface area contributed by atoms with Gasteiger partial charge in [-0.1, -0.05) is 47.7 Å². The van der Waals surface area contributed by atoms with Gasteiger partial charge in [-0.2, -0.15) is 0 Å². The molecule has 0 saturated heterocycles. The fourth-order valence-corrected chi connectivity index (χ4v) is 5.47. The molecule has 2 heterocycles. The van der Waals surface area contributed by atoms with E-state index in [4.69, 9.17) is 9.47 Å². The lowest BCUT2D eigenvalue weighted by Gasteiger charge is -2.24. The fourth-order valence-electron chi connectivity index (χ4n) is 3.67. The SMILES string of the molecule is CCOC(=O)C1=C(C)N=c2s/c(=C\c3ccc(OC)c(I)c3)c(=O)n2C1c1ccccc1. The van der Waals surface area contributed by atoms with Gasteiger partial charge in [0.25, 0.3) is 5.56 Å². The van der Waals surface area contributed by atoms with Gasteiger partial charge >= 0.3 is 5.97 Å². The number of nitrogens with zero attached hydrogens (tertiary/aromatic N) is 2. The highest BCUT2D eigenvalue weighted by molar-refractivity contribution is 14.1. The van der Waals surface area contributed by atoms with Crippen LogP contribution >= 0.6 is 33.9 Å². The molecule has 0 bridgehead atoms. The second-order valence-corrected chi connectivity index (χ2v) is 9.28. The predicted molar refractivity (Wildman–Crippen MR) is 133 cm³/mol. The Bertz CT molecular complexity index is 1390. The van der Waals surface area contributed by atoms with E-state index >= 15 is 0 Å². The molecule has 0 saturated carbocycles. The number of fused-ring (bicyclic) bond motifs is 1. The minimum atomic E-state index is -0.593. The van der Waals surface area contributed by atoms with Crippen molar-refractivity contribution in [1.82, 2.24) is 4.57 Å². The second kappa shape index (κ2) is 9.41. The zero-order valence-corrected chi connectivity index (χ0v) is 20.8. The Labute approximate surface area is 202 Å². The van der Waals surface area contributed by atoms with Crippen molar-refractivity contribution in [3.63, 3.8) is 0 Å². The Balaban J connectivity index is 1.92. The number of esters is 1. The molecule has 0 radical (unpaired) electrons. The number of allylic oxidation sites excluding steroid dienone is 1. The molecule has 0 amide bonds. The first-order valence-electron chi connectivity index (χ1n) is 10.0. The van der Waals surface area contributed by atoms with Crippen LogP contribution in [0.4, 0.5) is 0 Å². The molecule has 0 spiro atoms. The standard InChI is InChI=1S/C24H21IN2O4S/c1-4-31-23(29)20-14(2)26-24-27(21(20)16-8-6-5-7-9-16)22(28)19(32-24)13-15-10-11-18(30-3)17(25)12-15/h5-13,21H,4H2,1-3H3/b19-13-. The number of benzene rings is 2. The summed E-state index contributed by atoms with van der Waals surface area (Å²) in [6.07, 6.45) is 1.84. The van der Waals surface area contributed by atoms with Crippen molar-refractivity contribution in [1.29, 1.82) is 0 Å². The summed E-state index contributed by atoms with van der Waals surface area (Å²) in [5.41, 5.74) is 2.47. The molecular formula is C24H21IN2O4S. The number of halogens is 1. The monoisotopic (exact) mass is 560 g/mol. The largest absolute Gasteiger partial charge is 0.496 e. The fraction of sp³-hybridized carbons (Fsp3) is 0.208. The van der Waals surface area contributed by atoms with E-state index in [1.54, 1.807) is 25.5 Å². The summed E-state index contributed by atoms with van der Waals surface area (Å²) in [5, 5.41) is 0. The van der Waals surface area contributed by atoms with E-state index < -0.39 is 12.0 Å². The first-order valence-corrected chi connectivity index (χ1v) is 11.9. The second-order valence-electron chi connectivity index (χ2n) is 7.11. The number of rotatable bonds is 5. The lowest BCUT2D eigenvalue weighted by atomic mass is 9.96. The molecule has 2 aromatic carbocycles. The van der Waals surface area contributed by atoms with Crippen LogP contribution in [0.5, 0.6) is 5.75 Å². The average Bonchev–Trinajstić information content (AvgIpc) is 3.08. The quantitative estimate of drug-likeness (QED) is 0.355. The van der Waals surface area contributed by atoms with E-state index in [0.29, 0.717) is 20.6 Å². The van der Waals surface area contributed by atoms with Gasteiger partial charge in [-0.25, -0.2) is 9.79 Å². The van der Waals surface area contributed by atoms with Crippen LogP contribution in [0, 0.1) is 3.57 Å². The Morgan fingerprint density at radius 1 is 1.25 bits per heavy atom. The van der Waals surface area contributed by atoms with Crippen molar-refractivity contribution in [2.45, 2.75) is 19.9 Å². The molecule has 4 rings (SSSR count). The molecule has 1 aliphatic heterocycles. The third-order valence-corrected chi connectivity index (χ3v) is 6.93. The van der Waals surface area contributed by atoms with Crippen molar-refractivity contribution in [3.05, 3.63) is 94.2 Å². The van der Waals surface area contributed by atoms with Crippen molar-refractivity contribution < 1.29 is 14.3 Å². The Kier molecular flexibility index (Phi) is 6.61. The van der Waals surface area contributed by atoms with Gasteiger partial charge in [-0.15, -0.1) is 0 Å². The number of carbonyl (C=O) groups excluding carboxylic acids is 1. The first kappa shape index (κ1) is 22.5. The number of methoxy groups -OCH3 is 1. The number of hydrogen-bond donors (Lipinski definition) is 0. The molecule has 32 heavy (non-hydrogen) atoms. The molecule has 1 aliphatic rings. The molecule has 1 unspecified atom stereocenters. The molecule has 0 aliphatic carbocycles. The summed E-state index contributed by atoms with van der Waals surface area (Å²) >= 11 is 3.51. The minimum absolute atomic E-state index is 0.192. The van der Waals surface area contributed by atoms with Crippen LogP contribution in [0.2, 0.25) is 0 Å². The van der Waals surface area contributed by atoms with E-state index in [2.05, 4.69) is 27.6 Å². The molecular weight excluding hydrogens is 539 g/mol. The molecule has 3 aromatic rings. The summed E-state index contributed by atoms with van der Waals surface area (Å²) < 4.78 is 13.7. The number of ether oxygens (including phenoxy) is 2. The zero-order valence-electron chi connectivity index (χ0n) is 17.8.